The Balaban J connectivity index is 1.46. The monoisotopic (exact) mass is 400 g/mol. The standard InChI is InChI=1S/C20H18FN3O3S/c21-17-5-7-18(8-6-17)28(26,27)24-12-10-23(11-13-24)14-16-4-3-15-2-1-9-22-19(15)20(16)25/h1-8H,10-14H2/p+1. The molecule has 1 fully saturated rings. The maximum atomic E-state index is 13.1. The summed E-state index contributed by atoms with van der Waals surface area (Å²) in [6.07, 6.45) is 3.53. The molecule has 0 aliphatic carbocycles. The van der Waals surface area contributed by atoms with E-state index in [0.29, 0.717) is 38.1 Å². The number of halogens is 1. The summed E-state index contributed by atoms with van der Waals surface area (Å²) in [6.45, 7) is 2.24. The molecule has 0 saturated carbocycles. The van der Waals surface area contributed by atoms with Crippen LogP contribution in [0.5, 0.6) is 5.75 Å². The third-order valence-electron chi connectivity index (χ3n) is 4.96. The molecule has 2 aliphatic rings. The van der Waals surface area contributed by atoms with Crippen LogP contribution in [0.1, 0.15) is 5.56 Å². The second-order valence-corrected chi connectivity index (χ2v) is 8.66. The van der Waals surface area contributed by atoms with E-state index in [0.717, 1.165) is 22.9 Å². The van der Waals surface area contributed by atoms with Crippen molar-refractivity contribution in [3.8, 4) is 5.75 Å². The number of nitrogens with zero attached hydrogens (tertiary/aromatic N) is 3. The smallest absolute Gasteiger partial charge is 0.389 e. The van der Waals surface area contributed by atoms with E-state index in [1.165, 1.54) is 16.4 Å². The molecule has 2 aromatic carbocycles. The summed E-state index contributed by atoms with van der Waals surface area (Å²) in [5.41, 5.74) is 0.745. The number of rotatable bonds is 4. The molecular formula is C20H19FN3O3S+. The first-order valence-corrected chi connectivity index (χ1v) is 10.3. The lowest BCUT2D eigenvalue weighted by atomic mass is 10.1. The third-order valence-corrected chi connectivity index (χ3v) is 6.87. The Morgan fingerprint density at radius 3 is 2.50 bits per heavy atom. The summed E-state index contributed by atoms with van der Waals surface area (Å²) >= 11 is 0. The first kappa shape index (κ1) is 18.6. The predicted molar refractivity (Wildman–Crippen MR) is 103 cm³/mol. The van der Waals surface area contributed by atoms with Gasteiger partial charge in [0.1, 0.15) is 5.82 Å². The number of hydrogen-bond donors (Lipinski definition) is 1. The van der Waals surface area contributed by atoms with E-state index in [1.54, 1.807) is 6.08 Å². The molecule has 2 aliphatic heterocycles. The molecule has 8 heteroatoms. The molecular weight excluding hydrogens is 381 g/mol. The van der Waals surface area contributed by atoms with Crippen LogP contribution in [0.15, 0.2) is 47.4 Å². The molecule has 2 heterocycles. The number of allylic oxidation sites excluding steroid dienone is 1. The van der Waals surface area contributed by atoms with Crippen LogP contribution in [0.4, 0.5) is 4.39 Å². The average molecular weight is 400 g/mol. The first-order chi connectivity index (χ1) is 13.4. The van der Waals surface area contributed by atoms with Gasteiger partial charge in [-0.1, -0.05) is 6.07 Å². The molecule has 6 nitrogen and oxygen atoms in total. The van der Waals surface area contributed by atoms with Crippen molar-refractivity contribution in [2.75, 3.05) is 26.2 Å². The topological polar surface area (TPSA) is 75.0 Å². The Morgan fingerprint density at radius 1 is 1.07 bits per heavy atom. The predicted octanol–water partition coefficient (Wildman–Crippen LogP) is -0.255. The minimum Gasteiger partial charge on any atom is -0.501 e. The van der Waals surface area contributed by atoms with Crippen LogP contribution in [0.3, 0.4) is 0 Å². The molecule has 0 spiro atoms. The lowest BCUT2D eigenvalue weighted by Gasteiger charge is -2.34. The van der Waals surface area contributed by atoms with Crippen LogP contribution < -0.4 is 15.2 Å². The largest absolute Gasteiger partial charge is 0.501 e. The van der Waals surface area contributed by atoms with Crippen LogP contribution in [-0.4, -0.2) is 54.8 Å². The summed E-state index contributed by atoms with van der Waals surface area (Å²) in [5, 5.41) is 11.8. The Bertz CT molecular complexity index is 1200. The zero-order valence-electron chi connectivity index (χ0n) is 15.0. The number of phenols is 1. The maximum absolute atomic E-state index is 13.1. The molecule has 4 rings (SSSR count). The SMILES string of the molecule is O=S(=O)(c1ccc(F)cc1)N1CCN(Cc2ccc3c(c2O)=[N+]=C=CC=3)CC1. The van der Waals surface area contributed by atoms with Gasteiger partial charge in [-0.05, 0) is 41.1 Å². The summed E-state index contributed by atoms with van der Waals surface area (Å²) in [5.74, 6) is 2.40. The van der Waals surface area contributed by atoms with Gasteiger partial charge in [0.05, 0.1) is 16.2 Å². The zero-order chi connectivity index (χ0) is 19.7. The van der Waals surface area contributed by atoms with Gasteiger partial charge in [-0.25, -0.2) is 12.8 Å². The maximum Gasteiger partial charge on any atom is 0.389 e. The van der Waals surface area contributed by atoms with Crippen molar-refractivity contribution in [1.29, 1.82) is 0 Å². The van der Waals surface area contributed by atoms with Gasteiger partial charge in [0.15, 0.2) is 0 Å². The molecule has 0 atom stereocenters. The highest BCUT2D eigenvalue weighted by atomic mass is 32.2. The highest BCUT2D eigenvalue weighted by molar-refractivity contribution is 7.89. The van der Waals surface area contributed by atoms with Gasteiger partial charge >= 0.3 is 11.2 Å². The number of piperazine rings is 1. The van der Waals surface area contributed by atoms with Crippen molar-refractivity contribution < 1.29 is 17.9 Å². The lowest BCUT2D eigenvalue weighted by molar-refractivity contribution is 0.180. The quantitative estimate of drug-likeness (QED) is 0.718. The molecule has 1 saturated heterocycles. The molecule has 0 unspecified atom stereocenters. The van der Waals surface area contributed by atoms with E-state index < -0.39 is 15.8 Å². The van der Waals surface area contributed by atoms with Crippen molar-refractivity contribution in [1.82, 2.24) is 13.9 Å². The van der Waals surface area contributed by atoms with E-state index in [1.807, 2.05) is 18.2 Å². The first-order valence-electron chi connectivity index (χ1n) is 8.91. The Kier molecular flexibility index (Phi) is 4.89. The van der Waals surface area contributed by atoms with Crippen LogP contribution in [0.2, 0.25) is 0 Å². The van der Waals surface area contributed by atoms with Gasteiger partial charge < -0.3 is 5.11 Å². The molecule has 0 radical (unpaired) electrons. The van der Waals surface area contributed by atoms with E-state index in [4.69, 9.17) is 0 Å². The number of fused-ring (bicyclic) bond motifs is 1. The lowest BCUT2D eigenvalue weighted by Crippen LogP contribution is -2.48. The van der Waals surface area contributed by atoms with Crippen molar-refractivity contribution in [3.05, 3.63) is 64.4 Å². The van der Waals surface area contributed by atoms with Gasteiger partial charge in [0.25, 0.3) is 0 Å². The summed E-state index contributed by atoms with van der Waals surface area (Å²) in [6, 6.07) is 8.64. The second kappa shape index (κ2) is 7.36. The zero-order valence-corrected chi connectivity index (χ0v) is 15.9. The minimum atomic E-state index is -3.64. The van der Waals surface area contributed by atoms with E-state index in [2.05, 4.69) is 15.4 Å². The van der Waals surface area contributed by atoms with Crippen molar-refractivity contribution in [2.45, 2.75) is 11.4 Å². The van der Waals surface area contributed by atoms with Crippen LogP contribution in [-0.2, 0) is 16.6 Å². The van der Waals surface area contributed by atoms with Gasteiger partial charge in [0.2, 0.25) is 15.8 Å². The highest BCUT2D eigenvalue weighted by Gasteiger charge is 2.29. The molecule has 144 valence electrons. The summed E-state index contributed by atoms with van der Waals surface area (Å²) in [7, 11) is -3.64. The molecule has 28 heavy (non-hydrogen) atoms. The normalized spacial score (nSPS) is 17.0. The fourth-order valence-electron chi connectivity index (χ4n) is 3.37. The van der Waals surface area contributed by atoms with Crippen molar-refractivity contribution in [3.63, 3.8) is 0 Å². The van der Waals surface area contributed by atoms with Crippen molar-refractivity contribution >= 4 is 22.0 Å². The van der Waals surface area contributed by atoms with Crippen LogP contribution in [0.25, 0.3) is 6.08 Å². The fourth-order valence-corrected chi connectivity index (χ4v) is 4.79. The summed E-state index contributed by atoms with van der Waals surface area (Å²) < 4.78 is 44.0. The number of aromatic hydroxyl groups is 1. The fraction of sp³-hybridized carbons (Fsp3) is 0.250. The number of phenolic OH excluding ortho intramolecular Hbond substituents is 1. The van der Waals surface area contributed by atoms with Crippen LogP contribution >= 0.6 is 0 Å². The second-order valence-electron chi connectivity index (χ2n) is 6.72. The molecule has 2 aromatic rings. The Hall–Kier alpha value is -2.73. The van der Waals surface area contributed by atoms with Crippen molar-refractivity contribution in [2.24, 2.45) is 0 Å². The number of sulfonamides is 1. The van der Waals surface area contributed by atoms with Crippen LogP contribution in [0, 0.1) is 5.82 Å². The highest BCUT2D eigenvalue weighted by Crippen LogP contribution is 2.20. The molecule has 0 bridgehead atoms. The minimum absolute atomic E-state index is 0.0943. The van der Waals surface area contributed by atoms with Gasteiger partial charge in [0, 0.05) is 38.3 Å². The Labute approximate surface area is 161 Å². The van der Waals surface area contributed by atoms with Gasteiger partial charge in [-0.3, -0.25) is 4.90 Å². The average Bonchev–Trinajstić information content (AvgIpc) is 2.71. The number of hydrogen-bond acceptors (Lipinski definition) is 4. The molecule has 0 amide bonds. The van der Waals surface area contributed by atoms with E-state index in [-0.39, 0.29) is 10.6 Å². The number of benzene rings is 2. The van der Waals surface area contributed by atoms with E-state index in [9.17, 15) is 17.9 Å². The Morgan fingerprint density at radius 2 is 1.79 bits per heavy atom. The molecule has 0 aromatic heterocycles. The van der Waals surface area contributed by atoms with Gasteiger partial charge in [-0.15, -0.1) is 0 Å². The summed E-state index contributed by atoms with van der Waals surface area (Å²) in [4.78, 5) is 2.18. The van der Waals surface area contributed by atoms with Gasteiger partial charge in [-0.2, -0.15) is 4.31 Å². The molecule has 1 N–H and O–H groups in total. The third kappa shape index (κ3) is 3.52. The van der Waals surface area contributed by atoms with E-state index >= 15 is 0 Å².